The summed E-state index contributed by atoms with van der Waals surface area (Å²) in [6.45, 7) is 1.97. The minimum atomic E-state index is -0.175. The summed E-state index contributed by atoms with van der Waals surface area (Å²) in [6, 6.07) is 11.5. The number of amides is 1. The number of rotatable bonds is 5. The molecular weight excluding hydrogens is 356 g/mol. The van der Waals surface area contributed by atoms with Gasteiger partial charge >= 0.3 is 0 Å². The van der Waals surface area contributed by atoms with Crippen LogP contribution in [0.4, 0.5) is 5.82 Å². The van der Waals surface area contributed by atoms with E-state index in [0.29, 0.717) is 5.82 Å². The third-order valence-electron chi connectivity index (χ3n) is 4.41. The van der Waals surface area contributed by atoms with Gasteiger partial charge in [0.1, 0.15) is 23.6 Å². The number of benzene rings is 1. The Kier molecular flexibility index (Phi) is 4.52. The van der Waals surface area contributed by atoms with Gasteiger partial charge in [0.2, 0.25) is 5.91 Å². The normalized spacial score (nSPS) is 11.0. The molecular formula is C20H20N6O2. The van der Waals surface area contributed by atoms with Gasteiger partial charge in [-0.3, -0.25) is 14.2 Å². The van der Waals surface area contributed by atoms with Gasteiger partial charge in [0.05, 0.1) is 24.7 Å². The van der Waals surface area contributed by atoms with Crippen LogP contribution in [0.1, 0.15) is 5.69 Å². The van der Waals surface area contributed by atoms with E-state index in [9.17, 15) is 4.79 Å². The van der Waals surface area contributed by atoms with Crippen molar-refractivity contribution in [1.82, 2.24) is 24.5 Å². The van der Waals surface area contributed by atoms with Crippen molar-refractivity contribution in [1.29, 1.82) is 0 Å². The molecule has 3 aromatic heterocycles. The topological polar surface area (TPSA) is 86.9 Å². The fourth-order valence-corrected chi connectivity index (χ4v) is 3.08. The van der Waals surface area contributed by atoms with Crippen LogP contribution in [0.3, 0.4) is 0 Å². The molecule has 28 heavy (non-hydrogen) atoms. The highest BCUT2D eigenvalue weighted by Crippen LogP contribution is 2.26. The molecule has 4 rings (SSSR count). The van der Waals surface area contributed by atoms with Crippen LogP contribution in [0.2, 0.25) is 0 Å². The molecule has 0 saturated carbocycles. The molecule has 0 bridgehead atoms. The van der Waals surface area contributed by atoms with Gasteiger partial charge in [-0.2, -0.15) is 10.2 Å². The Bertz CT molecular complexity index is 1160. The molecule has 0 aliphatic heterocycles. The van der Waals surface area contributed by atoms with Crippen molar-refractivity contribution in [2.75, 3.05) is 12.4 Å². The van der Waals surface area contributed by atoms with Gasteiger partial charge in [0.25, 0.3) is 0 Å². The van der Waals surface area contributed by atoms with Crippen molar-refractivity contribution in [3.05, 3.63) is 54.5 Å². The van der Waals surface area contributed by atoms with Gasteiger partial charge in [0, 0.05) is 30.3 Å². The van der Waals surface area contributed by atoms with E-state index in [2.05, 4.69) is 15.5 Å². The van der Waals surface area contributed by atoms with Crippen LogP contribution < -0.4 is 10.1 Å². The van der Waals surface area contributed by atoms with Gasteiger partial charge in [-0.05, 0) is 19.1 Å². The van der Waals surface area contributed by atoms with E-state index in [-0.39, 0.29) is 12.5 Å². The Morgan fingerprint density at radius 2 is 2.11 bits per heavy atom. The first-order valence-corrected chi connectivity index (χ1v) is 8.80. The predicted molar refractivity (Wildman–Crippen MR) is 106 cm³/mol. The lowest BCUT2D eigenvalue weighted by Gasteiger charge is -2.06. The quantitative estimate of drug-likeness (QED) is 0.579. The number of fused-ring (bicyclic) bond motifs is 1. The molecule has 1 N–H and O–H groups in total. The summed E-state index contributed by atoms with van der Waals surface area (Å²) in [4.78, 5) is 17.0. The smallest absolute Gasteiger partial charge is 0.247 e. The summed E-state index contributed by atoms with van der Waals surface area (Å²) >= 11 is 0. The van der Waals surface area contributed by atoms with Crippen LogP contribution >= 0.6 is 0 Å². The monoisotopic (exact) mass is 376 g/mol. The van der Waals surface area contributed by atoms with Crippen molar-refractivity contribution in [3.63, 3.8) is 0 Å². The minimum absolute atomic E-state index is 0.0983. The van der Waals surface area contributed by atoms with Gasteiger partial charge < -0.3 is 10.1 Å². The van der Waals surface area contributed by atoms with Crippen molar-refractivity contribution in [2.24, 2.45) is 7.05 Å². The lowest BCUT2D eigenvalue weighted by molar-refractivity contribution is -0.116. The van der Waals surface area contributed by atoms with Crippen molar-refractivity contribution < 1.29 is 9.53 Å². The largest absolute Gasteiger partial charge is 0.494 e. The first-order chi connectivity index (χ1) is 13.5. The zero-order valence-electron chi connectivity index (χ0n) is 15.9. The van der Waals surface area contributed by atoms with Gasteiger partial charge in [-0.1, -0.05) is 18.2 Å². The molecule has 142 valence electrons. The minimum Gasteiger partial charge on any atom is -0.494 e. The molecule has 3 heterocycles. The number of pyridine rings is 1. The van der Waals surface area contributed by atoms with Crippen LogP contribution in [-0.4, -0.2) is 37.6 Å². The molecule has 1 aromatic carbocycles. The SMILES string of the molecule is COc1cccc2ccc(-c3cnn(CC(=O)Nc4cc(C)nn4C)c3)nc12. The highest BCUT2D eigenvalue weighted by atomic mass is 16.5. The molecule has 0 fully saturated rings. The van der Waals surface area contributed by atoms with Crippen LogP contribution in [0.25, 0.3) is 22.2 Å². The zero-order chi connectivity index (χ0) is 19.7. The third-order valence-corrected chi connectivity index (χ3v) is 4.41. The van der Waals surface area contributed by atoms with E-state index in [1.807, 2.05) is 43.3 Å². The zero-order valence-corrected chi connectivity index (χ0v) is 15.9. The Morgan fingerprint density at radius 3 is 2.86 bits per heavy atom. The molecule has 0 spiro atoms. The molecule has 0 radical (unpaired) electrons. The number of hydrogen-bond acceptors (Lipinski definition) is 5. The molecule has 0 unspecified atom stereocenters. The summed E-state index contributed by atoms with van der Waals surface area (Å²) < 4.78 is 8.62. The highest BCUT2D eigenvalue weighted by molar-refractivity contribution is 5.90. The lowest BCUT2D eigenvalue weighted by atomic mass is 10.1. The fraction of sp³-hybridized carbons (Fsp3) is 0.200. The maximum atomic E-state index is 12.3. The Balaban J connectivity index is 1.53. The third kappa shape index (κ3) is 3.44. The summed E-state index contributed by atoms with van der Waals surface area (Å²) in [5, 5.41) is 12.3. The molecule has 0 aliphatic carbocycles. The second-order valence-corrected chi connectivity index (χ2v) is 6.50. The highest BCUT2D eigenvalue weighted by Gasteiger charge is 2.11. The number of aromatic nitrogens is 5. The number of methoxy groups -OCH3 is 1. The number of aryl methyl sites for hydroxylation is 2. The average molecular weight is 376 g/mol. The number of carbonyl (C=O) groups excluding carboxylic acids is 1. The Morgan fingerprint density at radius 1 is 1.25 bits per heavy atom. The van der Waals surface area contributed by atoms with Gasteiger partial charge in [0.15, 0.2) is 0 Å². The van der Waals surface area contributed by atoms with Crippen LogP contribution in [0.5, 0.6) is 5.75 Å². The first-order valence-electron chi connectivity index (χ1n) is 8.80. The van der Waals surface area contributed by atoms with Crippen LogP contribution in [-0.2, 0) is 18.4 Å². The molecule has 8 heteroatoms. The number of para-hydroxylation sites is 1. The average Bonchev–Trinajstić information content (AvgIpc) is 3.26. The van der Waals surface area contributed by atoms with Crippen molar-refractivity contribution >= 4 is 22.6 Å². The number of hydrogen-bond donors (Lipinski definition) is 1. The summed E-state index contributed by atoms with van der Waals surface area (Å²) in [6.07, 6.45) is 3.50. The van der Waals surface area contributed by atoms with Gasteiger partial charge in [-0.15, -0.1) is 0 Å². The maximum absolute atomic E-state index is 12.3. The maximum Gasteiger partial charge on any atom is 0.247 e. The summed E-state index contributed by atoms with van der Waals surface area (Å²) in [5.74, 6) is 1.20. The van der Waals surface area contributed by atoms with E-state index in [0.717, 1.165) is 33.6 Å². The predicted octanol–water partition coefficient (Wildman–Crippen LogP) is 2.79. The molecule has 4 aromatic rings. The lowest BCUT2D eigenvalue weighted by Crippen LogP contribution is -2.20. The Hall–Kier alpha value is -3.68. The van der Waals surface area contributed by atoms with E-state index in [4.69, 9.17) is 9.72 Å². The fourth-order valence-electron chi connectivity index (χ4n) is 3.08. The van der Waals surface area contributed by atoms with Crippen LogP contribution in [0.15, 0.2) is 48.8 Å². The van der Waals surface area contributed by atoms with Crippen molar-refractivity contribution in [2.45, 2.75) is 13.5 Å². The van der Waals surface area contributed by atoms with Crippen molar-refractivity contribution in [3.8, 4) is 17.0 Å². The number of nitrogens with zero attached hydrogens (tertiary/aromatic N) is 5. The number of nitrogens with one attached hydrogen (secondary N) is 1. The second-order valence-electron chi connectivity index (χ2n) is 6.50. The number of carbonyl (C=O) groups is 1. The van der Waals surface area contributed by atoms with E-state index < -0.39 is 0 Å². The van der Waals surface area contributed by atoms with E-state index >= 15 is 0 Å². The molecule has 0 aliphatic rings. The first kappa shape index (κ1) is 17.7. The number of ether oxygens (including phenoxy) is 1. The molecule has 8 nitrogen and oxygen atoms in total. The molecule has 0 atom stereocenters. The summed E-state index contributed by atoms with van der Waals surface area (Å²) in [5.41, 5.74) is 3.24. The number of anilines is 1. The van der Waals surface area contributed by atoms with E-state index in [1.54, 1.807) is 35.9 Å². The standard InChI is InChI=1S/C20H20N6O2/c1-13-9-18(25(2)24-13)23-19(27)12-26-11-15(10-21-26)16-8-7-14-5-4-6-17(28-3)20(14)22-16/h4-11H,12H2,1-3H3,(H,23,27). The Labute approximate surface area is 161 Å². The second kappa shape index (κ2) is 7.15. The molecule has 1 amide bonds. The van der Waals surface area contributed by atoms with Crippen LogP contribution in [0, 0.1) is 6.92 Å². The van der Waals surface area contributed by atoms with E-state index in [1.165, 1.54) is 0 Å². The summed E-state index contributed by atoms with van der Waals surface area (Å²) in [7, 11) is 3.41. The molecule has 0 saturated heterocycles. The van der Waals surface area contributed by atoms with Gasteiger partial charge in [-0.25, -0.2) is 4.98 Å².